The average Bonchev–Trinajstić information content (AvgIpc) is 3.22. The summed E-state index contributed by atoms with van der Waals surface area (Å²) in [7, 11) is 0. The molecule has 0 unspecified atom stereocenters. The van der Waals surface area contributed by atoms with Crippen LogP contribution in [0.25, 0.3) is 0 Å². The van der Waals surface area contributed by atoms with Gasteiger partial charge in [0.25, 0.3) is 0 Å². The van der Waals surface area contributed by atoms with E-state index >= 15 is 0 Å². The van der Waals surface area contributed by atoms with Crippen LogP contribution >= 0.6 is 11.6 Å². The van der Waals surface area contributed by atoms with E-state index in [1.807, 2.05) is 36.4 Å². The minimum absolute atomic E-state index is 0.0620. The van der Waals surface area contributed by atoms with Crippen LogP contribution in [0.4, 0.5) is 11.5 Å². The summed E-state index contributed by atoms with van der Waals surface area (Å²) in [6, 6.07) is 15.1. The number of rotatable bonds is 2. The molecule has 3 aromatic rings. The van der Waals surface area contributed by atoms with Gasteiger partial charge in [-0.25, -0.2) is 0 Å². The van der Waals surface area contributed by atoms with Crippen LogP contribution in [0, 0.1) is 0 Å². The van der Waals surface area contributed by atoms with Crippen LogP contribution in [0.1, 0.15) is 23.1 Å². The van der Waals surface area contributed by atoms with Gasteiger partial charge in [-0.3, -0.25) is 14.7 Å². The quantitative estimate of drug-likeness (QED) is 0.718. The lowest BCUT2D eigenvalue weighted by Crippen LogP contribution is -2.46. The topological polar surface area (TPSA) is 78.1 Å². The number of fused-ring (bicyclic) bond motifs is 4. The number of benzene rings is 2. The number of halogens is 1. The Morgan fingerprint density at radius 3 is 2.67 bits per heavy atom. The van der Waals surface area contributed by atoms with Crippen LogP contribution < -0.4 is 10.2 Å². The number of anilines is 2. The van der Waals surface area contributed by atoms with Gasteiger partial charge in [0.05, 0.1) is 12.7 Å². The van der Waals surface area contributed by atoms with E-state index in [2.05, 4.69) is 15.5 Å². The first-order valence-electron chi connectivity index (χ1n) is 8.59. The van der Waals surface area contributed by atoms with E-state index in [1.54, 1.807) is 23.2 Å². The molecule has 0 bridgehead atoms. The molecule has 7 heteroatoms. The third-order valence-electron chi connectivity index (χ3n) is 5.31. The number of amides is 2. The van der Waals surface area contributed by atoms with Gasteiger partial charge in [0, 0.05) is 22.7 Å². The first-order chi connectivity index (χ1) is 13.1. The number of nitrogens with one attached hydrogen (secondary N) is 2. The van der Waals surface area contributed by atoms with Crippen molar-refractivity contribution >= 4 is 34.9 Å². The Hall–Kier alpha value is -3.12. The molecule has 2 N–H and O–H groups in total. The number of aromatic nitrogens is 2. The summed E-state index contributed by atoms with van der Waals surface area (Å²) < 4.78 is 0. The van der Waals surface area contributed by atoms with Crippen LogP contribution in [-0.4, -0.2) is 22.0 Å². The molecule has 2 amide bonds. The van der Waals surface area contributed by atoms with Gasteiger partial charge in [0.15, 0.2) is 0 Å². The molecule has 0 saturated carbocycles. The largest absolute Gasteiger partial charge is 0.311 e. The van der Waals surface area contributed by atoms with Crippen molar-refractivity contribution in [3.8, 4) is 0 Å². The summed E-state index contributed by atoms with van der Waals surface area (Å²) in [6.07, 6.45) is 1.70. The Balaban J connectivity index is 1.67. The van der Waals surface area contributed by atoms with E-state index < -0.39 is 5.41 Å². The van der Waals surface area contributed by atoms with Crippen molar-refractivity contribution < 1.29 is 9.59 Å². The van der Waals surface area contributed by atoms with Gasteiger partial charge in [0.2, 0.25) is 11.8 Å². The van der Waals surface area contributed by atoms with Crippen LogP contribution in [0.5, 0.6) is 0 Å². The van der Waals surface area contributed by atoms with Gasteiger partial charge < -0.3 is 10.2 Å². The number of carbonyl (C=O) groups excluding carboxylic acids is 2. The predicted molar refractivity (Wildman–Crippen MR) is 102 cm³/mol. The maximum atomic E-state index is 13.7. The zero-order valence-corrected chi connectivity index (χ0v) is 15.0. The maximum Gasteiger partial charge on any atom is 0.243 e. The number of hydrogen-bond donors (Lipinski definition) is 2. The zero-order chi connectivity index (χ0) is 18.6. The summed E-state index contributed by atoms with van der Waals surface area (Å²) >= 11 is 5.98. The molecule has 0 radical (unpaired) electrons. The number of aromatic amines is 1. The van der Waals surface area contributed by atoms with E-state index in [0.29, 0.717) is 22.9 Å². The normalized spacial score (nSPS) is 20.6. The molecule has 1 aromatic heterocycles. The molecular formula is C20H15ClN4O2. The highest BCUT2D eigenvalue weighted by Gasteiger charge is 2.56. The maximum absolute atomic E-state index is 13.7. The lowest BCUT2D eigenvalue weighted by atomic mass is 9.72. The SMILES string of the molecule is O=C1C[C@]2(C(=O)N(Cc3ccc(Cl)cc3)c3ccccc32)c2cn[nH]c2N1. The molecule has 6 nitrogen and oxygen atoms in total. The van der Waals surface area contributed by atoms with Gasteiger partial charge in [0.1, 0.15) is 11.2 Å². The van der Waals surface area contributed by atoms with Crippen molar-refractivity contribution in [3.05, 3.63) is 76.4 Å². The highest BCUT2D eigenvalue weighted by Crippen LogP contribution is 2.51. The standard InChI is InChI=1S/C20H15ClN4O2/c21-13-7-5-12(6-8-13)11-25-16-4-2-1-3-14(16)20(19(25)27)9-17(26)23-18-15(20)10-22-24-18/h1-8,10H,9,11H2,(H2,22,23,24,26)/t20-/m1/s1. The predicted octanol–water partition coefficient (Wildman–Crippen LogP) is 3.24. The van der Waals surface area contributed by atoms with Crippen LogP contribution in [0.3, 0.4) is 0 Å². The number of para-hydroxylation sites is 1. The second kappa shape index (κ2) is 5.69. The zero-order valence-electron chi connectivity index (χ0n) is 14.2. The summed E-state index contributed by atoms with van der Waals surface area (Å²) in [5.74, 6) is 0.169. The fourth-order valence-electron chi connectivity index (χ4n) is 4.11. The summed E-state index contributed by atoms with van der Waals surface area (Å²) in [5, 5.41) is 10.3. The molecule has 1 spiro atoms. The van der Waals surface area contributed by atoms with Gasteiger partial charge in [-0.2, -0.15) is 5.10 Å². The fourth-order valence-corrected chi connectivity index (χ4v) is 4.24. The number of carbonyl (C=O) groups is 2. The second-order valence-electron chi connectivity index (χ2n) is 6.82. The number of H-pyrrole nitrogens is 1. The lowest BCUT2D eigenvalue weighted by molar-refractivity contribution is -0.126. The van der Waals surface area contributed by atoms with E-state index in [9.17, 15) is 9.59 Å². The van der Waals surface area contributed by atoms with E-state index in [1.165, 1.54) is 0 Å². The first kappa shape index (κ1) is 16.1. The molecule has 5 rings (SSSR count). The van der Waals surface area contributed by atoms with E-state index in [-0.39, 0.29) is 18.2 Å². The second-order valence-corrected chi connectivity index (χ2v) is 7.26. The summed E-state index contributed by atoms with van der Waals surface area (Å²) in [4.78, 5) is 27.8. The van der Waals surface area contributed by atoms with Gasteiger partial charge in [-0.1, -0.05) is 41.9 Å². The molecule has 0 fully saturated rings. The van der Waals surface area contributed by atoms with Crippen molar-refractivity contribution in [2.24, 2.45) is 0 Å². The fraction of sp³-hybridized carbons (Fsp3) is 0.150. The third kappa shape index (κ3) is 2.23. The number of nitrogens with zero attached hydrogens (tertiary/aromatic N) is 2. The van der Waals surface area contributed by atoms with E-state index in [4.69, 9.17) is 11.6 Å². The van der Waals surface area contributed by atoms with Gasteiger partial charge in [-0.05, 0) is 29.3 Å². The van der Waals surface area contributed by atoms with Crippen molar-refractivity contribution in [2.75, 3.05) is 10.2 Å². The Morgan fingerprint density at radius 2 is 1.85 bits per heavy atom. The monoisotopic (exact) mass is 378 g/mol. The van der Waals surface area contributed by atoms with E-state index in [0.717, 1.165) is 16.8 Å². The Labute approximate surface area is 160 Å². The summed E-state index contributed by atoms with van der Waals surface area (Å²) in [6.45, 7) is 0.406. The molecule has 27 heavy (non-hydrogen) atoms. The molecule has 2 aliphatic heterocycles. The molecular weight excluding hydrogens is 364 g/mol. The highest BCUT2D eigenvalue weighted by molar-refractivity contribution is 6.30. The highest BCUT2D eigenvalue weighted by atomic mass is 35.5. The van der Waals surface area contributed by atoms with Crippen LogP contribution in [-0.2, 0) is 21.5 Å². The Kier molecular flexibility index (Phi) is 3.39. The minimum Gasteiger partial charge on any atom is -0.311 e. The van der Waals surface area contributed by atoms with Gasteiger partial charge in [-0.15, -0.1) is 0 Å². The molecule has 134 valence electrons. The lowest BCUT2D eigenvalue weighted by Gasteiger charge is -2.31. The molecule has 2 aromatic carbocycles. The van der Waals surface area contributed by atoms with Crippen molar-refractivity contribution in [2.45, 2.75) is 18.4 Å². The smallest absolute Gasteiger partial charge is 0.243 e. The Morgan fingerprint density at radius 1 is 1.07 bits per heavy atom. The van der Waals surface area contributed by atoms with Crippen molar-refractivity contribution in [1.82, 2.24) is 10.2 Å². The first-order valence-corrected chi connectivity index (χ1v) is 8.97. The summed E-state index contributed by atoms with van der Waals surface area (Å²) in [5.41, 5.74) is 2.28. The van der Waals surface area contributed by atoms with Crippen molar-refractivity contribution in [3.63, 3.8) is 0 Å². The molecule has 0 saturated heterocycles. The molecule has 1 atom stereocenters. The molecule has 2 aliphatic rings. The van der Waals surface area contributed by atoms with Crippen LogP contribution in [0.15, 0.2) is 54.7 Å². The number of hydrogen-bond acceptors (Lipinski definition) is 3. The van der Waals surface area contributed by atoms with Crippen molar-refractivity contribution in [1.29, 1.82) is 0 Å². The minimum atomic E-state index is -1.05. The third-order valence-corrected chi connectivity index (χ3v) is 5.56. The molecule has 3 heterocycles. The van der Waals surface area contributed by atoms with Gasteiger partial charge >= 0.3 is 0 Å². The molecule has 0 aliphatic carbocycles. The Bertz CT molecular complexity index is 1080. The van der Waals surface area contributed by atoms with Crippen LogP contribution in [0.2, 0.25) is 5.02 Å². The average molecular weight is 379 g/mol.